The summed E-state index contributed by atoms with van der Waals surface area (Å²) in [6.07, 6.45) is -0.220. The van der Waals surface area contributed by atoms with Gasteiger partial charge in [0.2, 0.25) is 11.6 Å². The van der Waals surface area contributed by atoms with Crippen LogP contribution in [0, 0.1) is 0 Å². The summed E-state index contributed by atoms with van der Waals surface area (Å²) >= 11 is 1.18. The van der Waals surface area contributed by atoms with Crippen LogP contribution in [-0.4, -0.2) is 45.2 Å². The Morgan fingerprint density at radius 2 is 1.13 bits per heavy atom. The van der Waals surface area contributed by atoms with Gasteiger partial charge in [0.1, 0.15) is 0 Å². The molecule has 0 aromatic carbocycles. The monoisotopic (exact) mass is 234 g/mol. The van der Waals surface area contributed by atoms with Gasteiger partial charge in [-0.05, 0) is 0 Å². The van der Waals surface area contributed by atoms with E-state index in [4.69, 9.17) is 10.2 Å². The van der Waals surface area contributed by atoms with Crippen molar-refractivity contribution in [2.45, 2.75) is 12.8 Å². The minimum absolute atomic E-state index is 0.110. The molecule has 7 heteroatoms. The van der Waals surface area contributed by atoms with Crippen molar-refractivity contribution in [1.29, 1.82) is 0 Å². The lowest BCUT2D eigenvalue weighted by atomic mass is 10.3. The molecule has 0 radical (unpaired) electrons. The summed E-state index contributed by atoms with van der Waals surface area (Å²) in [5.41, 5.74) is 0. The van der Waals surface area contributed by atoms with Gasteiger partial charge in [-0.3, -0.25) is 9.59 Å². The third kappa shape index (κ3) is 6.67. The Labute approximate surface area is 89.7 Å². The third-order valence-electron chi connectivity index (χ3n) is 1.42. The van der Waals surface area contributed by atoms with Crippen LogP contribution in [0.4, 0.5) is 0 Å². The van der Waals surface area contributed by atoms with E-state index in [1.54, 1.807) is 0 Å². The average molecular weight is 234 g/mol. The van der Waals surface area contributed by atoms with E-state index in [0.29, 0.717) is 0 Å². The van der Waals surface area contributed by atoms with E-state index in [-0.39, 0.29) is 24.3 Å². The third-order valence-corrected chi connectivity index (χ3v) is 2.41. The first-order valence-electron chi connectivity index (χ1n) is 4.05. The molecular formula is C8H10O6S. The molecule has 15 heavy (non-hydrogen) atoms. The molecule has 0 aliphatic carbocycles. The largest absolute Gasteiger partial charge is 0.476 e. The lowest BCUT2D eigenvalue weighted by Gasteiger charge is -1.97. The number of thioether (sulfide) groups is 1. The molecule has 0 fully saturated rings. The van der Waals surface area contributed by atoms with Crippen molar-refractivity contribution in [2.75, 3.05) is 11.5 Å². The van der Waals surface area contributed by atoms with E-state index >= 15 is 0 Å². The van der Waals surface area contributed by atoms with Gasteiger partial charge in [0.15, 0.2) is 0 Å². The summed E-state index contributed by atoms with van der Waals surface area (Å²) in [6.45, 7) is 0. The van der Waals surface area contributed by atoms with Crippen LogP contribution in [0.5, 0.6) is 0 Å². The van der Waals surface area contributed by atoms with Crippen molar-refractivity contribution in [3.05, 3.63) is 0 Å². The van der Waals surface area contributed by atoms with Gasteiger partial charge >= 0.3 is 11.9 Å². The second-order valence-electron chi connectivity index (χ2n) is 2.57. The summed E-state index contributed by atoms with van der Waals surface area (Å²) in [6, 6.07) is 0. The summed E-state index contributed by atoms with van der Waals surface area (Å²) in [5, 5.41) is 16.4. The maximum Gasteiger partial charge on any atom is 0.372 e. The Balaban J connectivity index is 3.48. The number of rotatable bonds is 8. The molecule has 0 aliphatic rings. The van der Waals surface area contributed by atoms with Crippen molar-refractivity contribution >= 4 is 35.3 Å². The summed E-state index contributed by atoms with van der Waals surface area (Å²) in [5.74, 6) is -4.16. The second-order valence-corrected chi connectivity index (χ2v) is 3.79. The molecule has 0 spiro atoms. The summed E-state index contributed by atoms with van der Waals surface area (Å²) in [4.78, 5) is 41.3. The molecule has 6 nitrogen and oxygen atoms in total. The van der Waals surface area contributed by atoms with Crippen LogP contribution in [0.1, 0.15) is 12.8 Å². The zero-order valence-electron chi connectivity index (χ0n) is 7.76. The van der Waals surface area contributed by atoms with Crippen LogP contribution in [0.25, 0.3) is 0 Å². The molecule has 0 saturated carbocycles. The topological polar surface area (TPSA) is 109 Å². The number of aliphatic carboxylic acids is 2. The van der Waals surface area contributed by atoms with E-state index in [2.05, 4.69) is 0 Å². The van der Waals surface area contributed by atoms with Gasteiger partial charge in [-0.2, -0.15) is 11.8 Å². The van der Waals surface area contributed by atoms with Crippen molar-refractivity contribution in [1.82, 2.24) is 0 Å². The fourth-order valence-corrected chi connectivity index (χ4v) is 1.51. The van der Waals surface area contributed by atoms with Crippen molar-refractivity contribution in [2.24, 2.45) is 0 Å². The highest BCUT2D eigenvalue weighted by atomic mass is 32.2. The van der Waals surface area contributed by atoms with E-state index in [1.807, 2.05) is 0 Å². The van der Waals surface area contributed by atoms with Gasteiger partial charge < -0.3 is 10.2 Å². The standard InChI is InChI=1S/C8H10O6S/c9-5(7(11)12)1-3-15-4-2-6(10)8(13)14/h1-4H2,(H,11,12)(H,13,14). The van der Waals surface area contributed by atoms with Gasteiger partial charge in [-0.15, -0.1) is 0 Å². The smallest absolute Gasteiger partial charge is 0.372 e. The lowest BCUT2D eigenvalue weighted by Crippen LogP contribution is -2.14. The maximum atomic E-state index is 10.6. The Kier molecular flexibility index (Phi) is 6.35. The van der Waals surface area contributed by atoms with E-state index in [1.165, 1.54) is 11.8 Å². The number of carbonyl (C=O) groups excluding carboxylic acids is 2. The van der Waals surface area contributed by atoms with Crippen LogP contribution in [0.3, 0.4) is 0 Å². The zero-order valence-corrected chi connectivity index (χ0v) is 8.58. The van der Waals surface area contributed by atoms with Crippen molar-refractivity contribution in [3.8, 4) is 0 Å². The van der Waals surface area contributed by atoms with Gasteiger partial charge in [0, 0.05) is 24.3 Å². The summed E-state index contributed by atoms with van der Waals surface area (Å²) < 4.78 is 0. The predicted molar refractivity (Wildman–Crippen MR) is 51.8 cm³/mol. The molecule has 0 heterocycles. The Hall–Kier alpha value is -1.37. The first-order chi connectivity index (χ1) is 6.95. The number of carbonyl (C=O) groups is 4. The fourth-order valence-electron chi connectivity index (χ4n) is 0.646. The van der Waals surface area contributed by atoms with Gasteiger partial charge in [0.05, 0.1) is 0 Å². The van der Waals surface area contributed by atoms with Crippen LogP contribution >= 0.6 is 11.8 Å². The first-order valence-corrected chi connectivity index (χ1v) is 5.20. The molecule has 84 valence electrons. The van der Waals surface area contributed by atoms with E-state index in [9.17, 15) is 19.2 Å². The Bertz CT molecular complexity index is 257. The first kappa shape index (κ1) is 13.6. The van der Waals surface area contributed by atoms with Crippen LogP contribution in [0.15, 0.2) is 0 Å². The predicted octanol–water partition coefficient (Wildman–Crippen LogP) is -0.193. The Morgan fingerprint density at radius 1 is 0.800 bits per heavy atom. The molecule has 0 aromatic heterocycles. The maximum absolute atomic E-state index is 10.6. The minimum Gasteiger partial charge on any atom is -0.476 e. The molecule has 0 rings (SSSR count). The molecular weight excluding hydrogens is 224 g/mol. The Morgan fingerprint density at radius 3 is 1.40 bits per heavy atom. The average Bonchev–Trinajstić information content (AvgIpc) is 2.16. The second kappa shape index (κ2) is 6.99. The molecule has 2 N–H and O–H groups in total. The number of carboxylic acid groups (broad SMARTS) is 2. The van der Waals surface area contributed by atoms with Crippen LogP contribution in [-0.2, 0) is 19.2 Å². The van der Waals surface area contributed by atoms with Gasteiger partial charge in [0.25, 0.3) is 0 Å². The number of ketones is 2. The van der Waals surface area contributed by atoms with Crippen LogP contribution < -0.4 is 0 Å². The molecule has 0 aromatic rings. The highest BCUT2D eigenvalue weighted by molar-refractivity contribution is 7.99. The van der Waals surface area contributed by atoms with Crippen molar-refractivity contribution in [3.63, 3.8) is 0 Å². The van der Waals surface area contributed by atoms with Crippen LogP contribution in [0.2, 0.25) is 0 Å². The fraction of sp³-hybridized carbons (Fsp3) is 0.500. The molecule has 0 aliphatic heterocycles. The van der Waals surface area contributed by atoms with Gasteiger partial charge in [-0.25, -0.2) is 9.59 Å². The number of Topliss-reactive ketones (excluding diaryl/α,β-unsaturated/α-hetero) is 2. The normalized spacial score (nSPS) is 9.60. The number of hydrogen-bond donors (Lipinski definition) is 2. The molecule has 0 bridgehead atoms. The summed E-state index contributed by atoms with van der Waals surface area (Å²) in [7, 11) is 0. The SMILES string of the molecule is O=C(O)C(=O)CCSCCC(=O)C(=O)O. The molecule has 0 amide bonds. The minimum atomic E-state index is -1.47. The highest BCUT2D eigenvalue weighted by Crippen LogP contribution is 2.05. The molecule has 0 saturated heterocycles. The zero-order chi connectivity index (χ0) is 11.8. The van der Waals surface area contributed by atoms with Gasteiger partial charge in [-0.1, -0.05) is 0 Å². The van der Waals surface area contributed by atoms with Crippen molar-refractivity contribution < 1.29 is 29.4 Å². The molecule has 0 atom stereocenters. The number of hydrogen-bond acceptors (Lipinski definition) is 5. The highest BCUT2D eigenvalue weighted by Gasteiger charge is 2.12. The van der Waals surface area contributed by atoms with E-state index < -0.39 is 23.5 Å². The quantitative estimate of drug-likeness (QED) is 0.442. The lowest BCUT2D eigenvalue weighted by molar-refractivity contribution is -0.148. The molecule has 0 unspecified atom stereocenters. The van der Waals surface area contributed by atoms with E-state index in [0.717, 1.165) is 0 Å². The number of carboxylic acids is 2.